The molecule has 0 aliphatic heterocycles. The molecule has 3 rings (SSSR count). The quantitative estimate of drug-likeness (QED) is 0.842. The highest BCUT2D eigenvalue weighted by Gasteiger charge is 2.12. The maximum absolute atomic E-state index is 5.77. The van der Waals surface area contributed by atoms with E-state index in [9.17, 15) is 0 Å². The summed E-state index contributed by atoms with van der Waals surface area (Å²) in [5.74, 6) is 1.64. The van der Waals surface area contributed by atoms with E-state index >= 15 is 0 Å². The van der Waals surface area contributed by atoms with Gasteiger partial charge in [0.15, 0.2) is 0 Å². The lowest BCUT2D eigenvalue weighted by Gasteiger charge is -2.04. The van der Waals surface area contributed by atoms with Gasteiger partial charge in [0.1, 0.15) is 11.6 Å². The van der Waals surface area contributed by atoms with Gasteiger partial charge in [-0.2, -0.15) is 9.36 Å². The molecule has 0 amide bonds. The minimum Gasteiger partial charge on any atom is -0.430 e. The summed E-state index contributed by atoms with van der Waals surface area (Å²) in [4.78, 5) is 4.34. The fraction of sp³-hybridized carbons (Fsp3) is 0.429. The highest BCUT2D eigenvalue weighted by Crippen LogP contribution is 2.29. The Morgan fingerprint density at radius 3 is 3.05 bits per heavy atom. The van der Waals surface area contributed by atoms with E-state index in [1.165, 1.54) is 35.5 Å². The molecule has 0 N–H and O–H groups in total. The predicted octanol–water partition coefficient (Wildman–Crippen LogP) is 3.01. The molecule has 1 aliphatic rings. The summed E-state index contributed by atoms with van der Waals surface area (Å²) in [6, 6.07) is 6.30. The highest BCUT2D eigenvalue weighted by molar-refractivity contribution is 7.07. The van der Waals surface area contributed by atoms with E-state index in [0.29, 0.717) is 11.8 Å². The number of nitrogens with zero attached hydrogens (tertiary/aromatic N) is 2. The van der Waals surface area contributed by atoms with Crippen LogP contribution in [0.5, 0.6) is 10.9 Å². The van der Waals surface area contributed by atoms with Gasteiger partial charge in [-0.3, -0.25) is 0 Å². The van der Waals surface area contributed by atoms with Crippen LogP contribution in [0.4, 0.5) is 0 Å². The zero-order valence-corrected chi connectivity index (χ0v) is 11.7. The van der Waals surface area contributed by atoms with Crippen molar-refractivity contribution in [1.29, 1.82) is 0 Å². The third-order valence-corrected chi connectivity index (χ3v) is 3.89. The molecule has 100 valence electrons. The molecule has 2 aromatic rings. The number of aromatic nitrogens is 2. The Hall–Kier alpha value is -1.46. The number of rotatable bonds is 5. The molecule has 0 bridgehead atoms. The zero-order chi connectivity index (χ0) is 13.1. The summed E-state index contributed by atoms with van der Waals surface area (Å²) >= 11 is 1.29. The number of benzene rings is 1. The van der Waals surface area contributed by atoms with Crippen LogP contribution in [0.3, 0.4) is 0 Å². The normalized spacial score (nSPS) is 13.5. The minimum absolute atomic E-state index is 0.601. The van der Waals surface area contributed by atoms with Crippen LogP contribution in [0.15, 0.2) is 18.2 Å². The Labute approximate surface area is 116 Å². The molecule has 4 nitrogen and oxygen atoms in total. The Bertz CT molecular complexity index is 568. The molecular weight excluding hydrogens is 260 g/mol. The van der Waals surface area contributed by atoms with Crippen molar-refractivity contribution in [1.82, 2.24) is 9.36 Å². The van der Waals surface area contributed by atoms with Crippen LogP contribution in [-0.2, 0) is 24.0 Å². The van der Waals surface area contributed by atoms with Crippen molar-refractivity contribution in [2.45, 2.75) is 25.7 Å². The van der Waals surface area contributed by atoms with Gasteiger partial charge in [0.25, 0.3) is 5.19 Å². The van der Waals surface area contributed by atoms with Gasteiger partial charge in [-0.25, -0.2) is 0 Å². The monoisotopic (exact) mass is 276 g/mol. The summed E-state index contributed by atoms with van der Waals surface area (Å²) in [5.41, 5.74) is 2.85. The van der Waals surface area contributed by atoms with Crippen molar-refractivity contribution in [3.05, 3.63) is 35.2 Å². The first kappa shape index (κ1) is 12.6. The van der Waals surface area contributed by atoms with Crippen molar-refractivity contribution < 1.29 is 9.47 Å². The van der Waals surface area contributed by atoms with Crippen molar-refractivity contribution in [3.63, 3.8) is 0 Å². The second-order valence-electron chi connectivity index (χ2n) is 4.61. The smallest absolute Gasteiger partial charge is 0.298 e. The van der Waals surface area contributed by atoms with Crippen molar-refractivity contribution in [2.24, 2.45) is 0 Å². The first-order valence-electron chi connectivity index (χ1n) is 6.46. The van der Waals surface area contributed by atoms with Crippen molar-refractivity contribution in [3.8, 4) is 10.9 Å². The van der Waals surface area contributed by atoms with Crippen LogP contribution in [-0.4, -0.2) is 23.1 Å². The van der Waals surface area contributed by atoms with Gasteiger partial charge in [0.2, 0.25) is 0 Å². The van der Waals surface area contributed by atoms with Crippen LogP contribution >= 0.6 is 11.5 Å². The van der Waals surface area contributed by atoms with E-state index in [2.05, 4.69) is 21.5 Å². The average molecular weight is 276 g/mol. The van der Waals surface area contributed by atoms with Crippen LogP contribution in [0.25, 0.3) is 0 Å². The molecule has 1 aromatic heterocycles. The van der Waals surface area contributed by atoms with Crippen molar-refractivity contribution in [2.75, 3.05) is 13.7 Å². The molecule has 1 aromatic carbocycles. The summed E-state index contributed by atoms with van der Waals surface area (Å²) in [6.07, 6.45) is 4.32. The molecule has 0 saturated carbocycles. The fourth-order valence-electron chi connectivity index (χ4n) is 2.29. The van der Waals surface area contributed by atoms with E-state index in [1.807, 2.05) is 6.07 Å². The molecule has 1 aliphatic carbocycles. The van der Waals surface area contributed by atoms with Gasteiger partial charge in [-0.05, 0) is 42.5 Å². The fourth-order valence-corrected chi connectivity index (χ4v) is 2.88. The van der Waals surface area contributed by atoms with Crippen LogP contribution in [0, 0.1) is 0 Å². The highest BCUT2D eigenvalue weighted by atomic mass is 32.1. The molecule has 0 spiro atoms. The lowest BCUT2D eigenvalue weighted by Crippen LogP contribution is -1.96. The van der Waals surface area contributed by atoms with Gasteiger partial charge in [0.05, 0.1) is 6.61 Å². The standard InChI is InChI=1S/C14H16N2O2S/c1-17-8-7-13-15-14(19-16-13)18-12-6-5-10-3-2-4-11(10)9-12/h5-6,9H,2-4,7-8H2,1H3. The first-order chi connectivity index (χ1) is 9.35. The van der Waals surface area contributed by atoms with Gasteiger partial charge in [-0.1, -0.05) is 6.07 Å². The molecule has 19 heavy (non-hydrogen) atoms. The van der Waals surface area contributed by atoms with Crippen LogP contribution in [0.1, 0.15) is 23.4 Å². The maximum atomic E-state index is 5.77. The van der Waals surface area contributed by atoms with Gasteiger partial charge in [-0.15, -0.1) is 0 Å². The van der Waals surface area contributed by atoms with Crippen LogP contribution < -0.4 is 4.74 Å². The molecule has 0 fully saturated rings. The van der Waals surface area contributed by atoms with Gasteiger partial charge in [0, 0.05) is 25.1 Å². The molecule has 0 radical (unpaired) electrons. The third kappa shape index (κ3) is 2.93. The molecule has 0 saturated heterocycles. The molecule has 0 atom stereocenters. The summed E-state index contributed by atoms with van der Waals surface area (Å²) in [5, 5.41) is 0.601. The van der Waals surface area contributed by atoms with E-state index in [-0.39, 0.29) is 0 Å². The Morgan fingerprint density at radius 2 is 2.16 bits per heavy atom. The third-order valence-electron chi connectivity index (χ3n) is 3.25. The van der Waals surface area contributed by atoms with E-state index < -0.39 is 0 Å². The number of fused-ring (bicyclic) bond motifs is 1. The Morgan fingerprint density at radius 1 is 1.26 bits per heavy atom. The summed E-state index contributed by atoms with van der Waals surface area (Å²) in [7, 11) is 1.67. The SMILES string of the molecule is COCCc1nsc(Oc2ccc3c(c2)CCC3)n1. The Balaban J connectivity index is 1.69. The second-order valence-corrected chi connectivity index (χ2v) is 5.32. The van der Waals surface area contributed by atoms with Gasteiger partial charge < -0.3 is 9.47 Å². The molecular formula is C14H16N2O2S. The minimum atomic E-state index is 0.601. The number of methoxy groups -OCH3 is 1. The average Bonchev–Trinajstić information content (AvgIpc) is 3.05. The lowest BCUT2D eigenvalue weighted by molar-refractivity contribution is 0.200. The summed E-state index contributed by atoms with van der Waals surface area (Å²) in [6.45, 7) is 0.634. The second kappa shape index (κ2) is 5.67. The van der Waals surface area contributed by atoms with Gasteiger partial charge >= 0.3 is 0 Å². The van der Waals surface area contributed by atoms with E-state index in [0.717, 1.165) is 24.4 Å². The van der Waals surface area contributed by atoms with E-state index in [4.69, 9.17) is 9.47 Å². The summed E-state index contributed by atoms with van der Waals surface area (Å²) < 4.78 is 15.0. The largest absolute Gasteiger partial charge is 0.430 e. The lowest BCUT2D eigenvalue weighted by atomic mass is 10.1. The van der Waals surface area contributed by atoms with E-state index in [1.54, 1.807) is 7.11 Å². The first-order valence-corrected chi connectivity index (χ1v) is 7.23. The molecule has 5 heteroatoms. The Kier molecular flexibility index (Phi) is 3.75. The maximum Gasteiger partial charge on any atom is 0.298 e. The molecule has 0 unspecified atom stereocenters. The predicted molar refractivity (Wildman–Crippen MR) is 74.0 cm³/mol. The number of ether oxygens (including phenoxy) is 2. The van der Waals surface area contributed by atoms with Crippen LogP contribution in [0.2, 0.25) is 0 Å². The number of hydrogen-bond donors (Lipinski definition) is 0. The molecule has 1 heterocycles. The topological polar surface area (TPSA) is 44.2 Å². The van der Waals surface area contributed by atoms with Crippen molar-refractivity contribution >= 4 is 11.5 Å². The number of aryl methyl sites for hydroxylation is 2. The number of hydrogen-bond acceptors (Lipinski definition) is 5. The zero-order valence-electron chi connectivity index (χ0n) is 10.9.